The average molecular weight is 551 g/mol. The Hall–Kier alpha value is -4.30. The molecule has 1 N–H and O–H groups in total. The molecule has 3 fully saturated rings. The number of likely N-dealkylation sites (tertiary alicyclic amines) is 1. The molecule has 0 spiro atoms. The van der Waals surface area contributed by atoms with Gasteiger partial charge in [-0.15, -0.1) is 0 Å². The molecule has 6 unspecified atom stereocenters. The van der Waals surface area contributed by atoms with E-state index in [1.165, 1.54) is 9.80 Å². The van der Waals surface area contributed by atoms with Crippen molar-refractivity contribution in [3.05, 3.63) is 102 Å². The molecule has 208 valence electrons. The van der Waals surface area contributed by atoms with E-state index in [4.69, 9.17) is 4.42 Å². The first-order chi connectivity index (χ1) is 19.8. The molecule has 1 aromatic heterocycles. The van der Waals surface area contributed by atoms with Gasteiger partial charge in [-0.3, -0.25) is 24.1 Å². The van der Waals surface area contributed by atoms with Crippen LogP contribution in [-0.2, 0) is 32.3 Å². The van der Waals surface area contributed by atoms with Crippen molar-refractivity contribution in [1.82, 2.24) is 4.90 Å². The summed E-state index contributed by atoms with van der Waals surface area (Å²) in [4.78, 5) is 58.5. The van der Waals surface area contributed by atoms with E-state index in [9.17, 15) is 24.3 Å². The third-order valence-corrected chi connectivity index (χ3v) is 9.69. The van der Waals surface area contributed by atoms with E-state index in [1.807, 2.05) is 49.4 Å². The number of aliphatic hydroxyl groups excluding tert-OH is 1. The van der Waals surface area contributed by atoms with Gasteiger partial charge in [0, 0.05) is 0 Å². The van der Waals surface area contributed by atoms with Gasteiger partial charge in [0.25, 0.3) is 0 Å². The minimum Gasteiger partial charge on any atom is -0.463 e. The van der Waals surface area contributed by atoms with Gasteiger partial charge >= 0.3 is 0 Å². The number of rotatable bonds is 5. The lowest BCUT2D eigenvalue weighted by atomic mass is 9.52. The van der Waals surface area contributed by atoms with Crippen molar-refractivity contribution >= 4 is 29.3 Å². The molecule has 6 atom stereocenters. The van der Waals surface area contributed by atoms with Crippen molar-refractivity contribution in [1.29, 1.82) is 0 Å². The number of amides is 4. The largest absolute Gasteiger partial charge is 0.463 e. The zero-order valence-electron chi connectivity index (χ0n) is 22.6. The Morgan fingerprint density at radius 3 is 2.27 bits per heavy atom. The van der Waals surface area contributed by atoms with Crippen molar-refractivity contribution in [2.45, 2.75) is 38.8 Å². The zero-order valence-corrected chi connectivity index (χ0v) is 22.6. The predicted molar refractivity (Wildman–Crippen MR) is 148 cm³/mol. The van der Waals surface area contributed by atoms with E-state index >= 15 is 0 Å². The molecule has 1 saturated carbocycles. The highest BCUT2D eigenvalue weighted by Gasteiger charge is 2.68. The number of benzene rings is 2. The molecule has 4 amide bonds. The number of furan rings is 1. The maximum atomic E-state index is 14.3. The highest BCUT2D eigenvalue weighted by Crippen LogP contribution is 2.63. The maximum Gasteiger partial charge on any atom is 0.241 e. The number of fused-ring (bicyclic) bond motifs is 4. The van der Waals surface area contributed by atoms with E-state index in [-0.39, 0.29) is 36.8 Å². The smallest absolute Gasteiger partial charge is 0.241 e. The summed E-state index contributed by atoms with van der Waals surface area (Å²) >= 11 is 0. The fourth-order valence-corrected chi connectivity index (χ4v) is 7.76. The van der Waals surface area contributed by atoms with E-state index in [0.717, 1.165) is 11.1 Å². The Kier molecular flexibility index (Phi) is 5.87. The average Bonchev–Trinajstić information content (AvgIpc) is 3.61. The van der Waals surface area contributed by atoms with Crippen molar-refractivity contribution in [2.24, 2.45) is 29.1 Å². The second-order valence-electron chi connectivity index (χ2n) is 11.7. The van der Waals surface area contributed by atoms with Crippen LogP contribution in [0.25, 0.3) is 0 Å². The van der Waals surface area contributed by atoms with Crippen LogP contribution in [-0.4, -0.2) is 33.6 Å². The second-order valence-corrected chi connectivity index (χ2v) is 11.7. The number of carbonyl (C=O) groups is 4. The Morgan fingerprint density at radius 2 is 1.59 bits per heavy atom. The molecule has 0 radical (unpaired) electrons. The number of imide groups is 2. The molecular formula is C33H30N2O6. The standard InChI is InChI=1S/C33H30N2O6/c1-33-25(30(38)35(32(33)40)20-10-6-3-7-11-20)16-24-22(28(33)26-15-12-21(18-36)41-26)13-14-23-27(24)31(39)34(29(23)37)17-19-8-4-2-5-9-19/h2-13,15,23-25,27-28,36H,14,16-18H2,1H3. The van der Waals surface area contributed by atoms with Gasteiger partial charge in [0.1, 0.15) is 18.1 Å². The molecule has 3 heterocycles. The SMILES string of the molecule is CC12C(=O)N(c3ccccc3)C(=O)C1CC1C(=CCC3C(=O)N(Cc4ccccc4)C(=O)C31)C2c1ccc(CO)o1. The van der Waals surface area contributed by atoms with Crippen LogP contribution < -0.4 is 4.90 Å². The van der Waals surface area contributed by atoms with Crippen LogP contribution in [0.5, 0.6) is 0 Å². The quantitative estimate of drug-likeness (QED) is 0.377. The van der Waals surface area contributed by atoms with Crippen molar-refractivity contribution in [2.75, 3.05) is 4.90 Å². The summed E-state index contributed by atoms with van der Waals surface area (Å²) in [5.74, 6) is -3.06. The molecule has 4 aliphatic rings. The number of aliphatic hydroxyl groups is 1. The number of hydrogen-bond donors (Lipinski definition) is 1. The number of carbonyl (C=O) groups excluding carboxylic acids is 4. The lowest BCUT2D eigenvalue weighted by Gasteiger charge is -2.48. The third-order valence-electron chi connectivity index (χ3n) is 9.69. The van der Waals surface area contributed by atoms with Crippen molar-refractivity contribution in [3.63, 3.8) is 0 Å². The summed E-state index contributed by atoms with van der Waals surface area (Å²) in [7, 11) is 0. The molecule has 8 heteroatoms. The van der Waals surface area contributed by atoms with E-state index in [0.29, 0.717) is 30.0 Å². The van der Waals surface area contributed by atoms with Crippen LogP contribution in [0.4, 0.5) is 5.69 Å². The fraction of sp³-hybridized carbons (Fsp3) is 0.333. The van der Waals surface area contributed by atoms with E-state index < -0.39 is 35.0 Å². The summed E-state index contributed by atoms with van der Waals surface area (Å²) in [6, 6.07) is 21.7. The van der Waals surface area contributed by atoms with Gasteiger partial charge in [-0.25, -0.2) is 4.90 Å². The number of allylic oxidation sites excluding steroid dienone is 2. The molecule has 2 aliphatic carbocycles. The Labute approximate surface area is 237 Å². The van der Waals surface area contributed by atoms with Crippen LogP contribution in [0, 0.1) is 29.1 Å². The summed E-state index contributed by atoms with van der Waals surface area (Å²) in [6.45, 7) is 1.72. The zero-order chi connectivity index (χ0) is 28.5. The van der Waals surface area contributed by atoms with E-state index in [1.54, 1.807) is 36.4 Å². The molecule has 2 aliphatic heterocycles. The van der Waals surface area contributed by atoms with Gasteiger partial charge in [-0.1, -0.05) is 60.2 Å². The van der Waals surface area contributed by atoms with Crippen LogP contribution in [0.2, 0.25) is 0 Å². The molecular weight excluding hydrogens is 520 g/mol. The Morgan fingerprint density at radius 1 is 0.878 bits per heavy atom. The minimum atomic E-state index is -1.16. The number of anilines is 1. The molecule has 7 rings (SSSR count). The molecule has 2 aromatic carbocycles. The molecule has 0 bridgehead atoms. The van der Waals surface area contributed by atoms with Gasteiger partial charge in [0.05, 0.1) is 41.3 Å². The van der Waals surface area contributed by atoms with Gasteiger partial charge in [-0.2, -0.15) is 0 Å². The lowest BCUT2D eigenvalue weighted by molar-refractivity contribution is -0.141. The third kappa shape index (κ3) is 3.63. The van der Waals surface area contributed by atoms with Gasteiger partial charge in [0.2, 0.25) is 23.6 Å². The van der Waals surface area contributed by atoms with Crippen LogP contribution >= 0.6 is 0 Å². The van der Waals surface area contributed by atoms with E-state index in [2.05, 4.69) is 0 Å². The van der Waals surface area contributed by atoms with Crippen LogP contribution in [0.15, 0.2) is 88.9 Å². The van der Waals surface area contributed by atoms with Gasteiger partial charge in [-0.05, 0) is 55.5 Å². The van der Waals surface area contributed by atoms with Crippen LogP contribution in [0.1, 0.15) is 42.8 Å². The lowest BCUT2D eigenvalue weighted by Crippen LogP contribution is -2.48. The Bertz CT molecular complexity index is 1590. The first-order valence-corrected chi connectivity index (χ1v) is 14.1. The normalized spacial score (nSPS) is 30.8. The summed E-state index contributed by atoms with van der Waals surface area (Å²) < 4.78 is 6.04. The first kappa shape index (κ1) is 25.7. The van der Waals surface area contributed by atoms with Gasteiger partial charge in [0.15, 0.2) is 0 Å². The van der Waals surface area contributed by atoms with Crippen molar-refractivity contribution in [3.8, 4) is 0 Å². The minimum absolute atomic E-state index is 0.190. The summed E-state index contributed by atoms with van der Waals surface area (Å²) in [6.07, 6.45) is 2.67. The highest BCUT2D eigenvalue weighted by atomic mass is 16.4. The Balaban J connectivity index is 1.32. The predicted octanol–water partition coefficient (Wildman–Crippen LogP) is 4.20. The summed E-state index contributed by atoms with van der Waals surface area (Å²) in [5, 5.41) is 9.73. The molecule has 2 saturated heterocycles. The molecule has 8 nitrogen and oxygen atoms in total. The first-order valence-electron chi connectivity index (χ1n) is 14.1. The van der Waals surface area contributed by atoms with Gasteiger partial charge < -0.3 is 9.52 Å². The molecule has 3 aromatic rings. The monoisotopic (exact) mass is 550 g/mol. The summed E-state index contributed by atoms with van der Waals surface area (Å²) in [5.41, 5.74) is 1.07. The fourth-order valence-electron chi connectivity index (χ4n) is 7.76. The van der Waals surface area contributed by atoms with Crippen LogP contribution in [0.3, 0.4) is 0 Å². The maximum absolute atomic E-state index is 14.3. The number of para-hydroxylation sites is 1. The second kappa shape index (κ2) is 9.38. The van der Waals surface area contributed by atoms with Crippen molar-refractivity contribution < 1.29 is 28.7 Å². The number of nitrogens with zero attached hydrogens (tertiary/aromatic N) is 2. The molecule has 41 heavy (non-hydrogen) atoms. The topological polar surface area (TPSA) is 108 Å². The number of hydrogen-bond acceptors (Lipinski definition) is 6. The highest BCUT2D eigenvalue weighted by molar-refractivity contribution is 6.24.